The lowest BCUT2D eigenvalue weighted by atomic mass is 9.71. The van der Waals surface area contributed by atoms with Crippen LogP contribution in [0.3, 0.4) is 0 Å². The summed E-state index contributed by atoms with van der Waals surface area (Å²) in [5, 5.41) is 3.77. The molecule has 2 atom stereocenters. The Bertz CT molecular complexity index is 336. The van der Waals surface area contributed by atoms with Crippen LogP contribution in [0.15, 0.2) is 0 Å². The molecule has 0 heterocycles. The quantitative estimate of drug-likeness (QED) is 0.777. The highest BCUT2D eigenvalue weighted by Crippen LogP contribution is 2.38. The molecule has 2 rings (SSSR count). The number of carbonyl (C=O) groups excluding carboxylic acids is 1. The fraction of sp³-hybridized carbons (Fsp3) is 0.944. The monoisotopic (exact) mass is 295 g/mol. The number of ether oxygens (including phenoxy) is 1. The third-order valence-electron chi connectivity index (χ3n) is 5.48. The molecule has 0 saturated heterocycles. The van der Waals surface area contributed by atoms with Gasteiger partial charge in [-0.3, -0.25) is 10.1 Å². The van der Waals surface area contributed by atoms with Crippen LogP contribution in [0.4, 0.5) is 0 Å². The summed E-state index contributed by atoms with van der Waals surface area (Å²) in [4.78, 5) is 12.7. The third-order valence-corrected chi connectivity index (χ3v) is 5.48. The van der Waals surface area contributed by atoms with Gasteiger partial charge in [0, 0.05) is 6.04 Å². The predicted octanol–water partition coefficient (Wildman–Crippen LogP) is 4.06. The van der Waals surface area contributed by atoms with Crippen molar-refractivity contribution < 1.29 is 9.53 Å². The molecule has 0 bridgehead atoms. The van der Waals surface area contributed by atoms with Crippen LogP contribution < -0.4 is 5.32 Å². The fourth-order valence-electron chi connectivity index (χ4n) is 4.17. The normalized spacial score (nSPS) is 31.3. The van der Waals surface area contributed by atoms with Gasteiger partial charge in [-0.05, 0) is 44.4 Å². The number of hydrogen-bond donors (Lipinski definition) is 1. The Morgan fingerprint density at radius 3 is 2.52 bits per heavy atom. The van der Waals surface area contributed by atoms with Crippen molar-refractivity contribution in [3.63, 3.8) is 0 Å². The summed E-state index contributed by atoms with van der Waals surface area (Å²) in [6, 6.07) is 0.508. The molecule has 3 heteroatoms. The molecule has 2 saturated carbocycles. The molecule has 2 aliphatic carbocycles. The molecule has 0 aromatic rings. The van der Waals surface area contributed by atoms with Gasteiger partial charge in [-0.15, -0.1) is 0 Å². The van der Waals surface area contributed by atoms with Crippen molar-refractivity contribution in [2.45, 2.75) is 90.1 Å². The van der Waals surface area contributed by atoms with Crippen LogP contribution in [0.1, 0.15) is 78.6 Å². The van der Waals surface area contributed by atoms with E-state index in [1.807, 2.05) is 6.92 Å². The Labute approximate surface area is 130 Å². The van der Waals surface area contributed by atoms with E-state index in [4.69, 9.17) is 4.74 Å². The molecule has 3 nitrogen and oxygen atoms in total. The Kier molecular flexibility index (Phi) is 6.09. The lowest BCUT2D eigenvalue weighted by Crippen LogP contribution is -2.59. The second-order valence-electron chi connectivity index (χ2n) is 7.38. The maximum atomic E-state index is 12.7. The molecular formula is C18H33NO2. The number of hydrogen-bond acceptors (Lipinski definition) is 3. The molecule has 122 valence electrons. The Morgan fingerprint density at radius 1 is 1.19 bits per heavy atom. The zero-order valence-corrected chi connectivity index (χ0v) is 14.1. The first-order chi connectivity index (χ1) is 10.1. The number of carbonyl (C=O) groups is 1. The summed E-state index contributed by atoms with van der Waals surface area (Å²) in [6.07, 6.45) is 10.7. The first-order valence-corrected chi connectivity index (χ1v) is 9.02. The van der Waals surface area contributed by atoms with Gasteiger partial charge in [-0.1, -0.05) is 46.0 Å². The van der Waals surface area contributed by atoms with E-state index in [0.29, 0.717) is 24.5 Å². The van der Waals surface area contributed by atoms with Gasteiger partial charge >= 0.3 is 5.97 Å². The molecule has 2 aliphatic rings. The molecule has 2 fully saturated rings. The molecular weight excluding hydrogens is 262 g/mol. The van der Waals surface area contributed by atoms with Gasteiger partial charge < -0.3 is 4.74 Å². The lowest BCUT2D eigenvalue weighted by Gasteiger charge is -2.43. The van der Waals surface area contributed by atoms with Gasteiger partial charge in [-0.25, -0.2) is 0 Å². The van der Waals surface area contributed by atoms with Crippen LogP contribution in [0.5, 0.6) is 0 Å². The molecule has 21 heavy (non-hydrogen) atoms. The first-order valence-electron chi connectivity index (χ1n) is 9.02. The Morgan fingerprint density at radius 2 is 1.90 bits per heavy atom. The van der Waals surface area contributed by atoms with Gasteiger partial charge in [0.05, 0.1) is 6.61 Å². The maximum absolute atomic E-state index is 12.7. The van der Waals surface area contributed by atoms with Gasteiger partial charge in [0.2, 0.25) is 0 Å². The van der Waals surface area contributed by atoms with Crippen LogP contribution in [0, 0.1) is 11.8 Å². The van der Waals surface area contributed by atoms with E-state index in [9.17, 15) is 4.79 Å². The number of nitrogens with one attached hydrogen (secondary N) is 1. The predicted molar refractivity (Wildman–Crippen MR) is 86.2 cm³/mol. The molecule has 0 aromatic heterocycles. The lowest BCUT2D eigenvalue weighted by molar-refractivity contribution is -0.154. The third kappa shape index (κ3) is 4.21. The number of rotatable bonds is 5. The second-order valence-corrected chi connectivity index (χ2v) is 7.38. The van der Waals surface area contributed by atoms with Gasteiger partial charge in [0.15, 0.2) is 0 Å². The molecule has 0 spiro atoms. The second kappa shape index (κ2) is 7.62. The van der Waals surface area contributed by atoms with E-state index in [-0.39, 0.29) is 5.97 Å². The summed E-state index contributed by atoms with van der Waals surface area (Å²) in [5.41, 5.74) is -0.412. The van der Waals surface area contributed by atoms with E-state index < -0.39 is 5.54 Å². The van der Waals surface area contributed by atoms with Crippen LogP contribution in [-0.2, 0) is 9.53 Å². The van der Waals surface area contributed by atoms with Gasteiger partial charge in [-0.2, -0.15) is 0 Å². The minimum Gasteiger partial charge on any atom is -0.465 e. The van der Waals surface area contributed by atoms with Crippen LogP contribution in [-0.4, -0.2) is 24.2 Å². The van der Waals surface area contributed by atoms with E-state index in [1.165, 1.54) is 38.5 Å². The van der Waals surface area contributed by atoms with Crippen molar-refractivity contribution in [1.29, 1.82) is 0 Å². The highest BCUT2D eigenvalue weighted by atomic mass is 16.5. The Hall–Kier alpha value is -0.570. The van der Waals surface area contributed by atoms with Crippen molar-refractivity contribution in [2.75, 3.05) is 6.61 Å². The van der Waals surface area contributed by atoms with Crippen molar-refractivity contribution in [2.24, 2.45) is 11.8 Å². The molecule has 0 aromatic carbocycles. The minimum atomic E-state index is -0.412. The Balaban J connectivity index is 2.11. The minimum absolute atomic E-state index is 0.000855. The number of esters is 1. The maximum Gasteiger partial charge on any atom is 0.326 e. The SMILES string of the molecule is CCOC(=O)C1(NC2CCCCC2)CCCC(C(C)C)C1. The smallest absolute Gasteiger partial charge is 0.326 e. The fourth-order valence-corrected chi connectivity index (χ4v) is 4.17. The zero-order valence-electron chi connectivity index (χ0n) is 14.1. The van der Waals surface area contributed by atoms with Crippen molar-refractivity contribution >= 4 is 5.97 Å². The van der Waals surface area contributed by atoms with Crippen molar-refractivity contribution in [3.8, 4) is 0 Å². The van der Waals surface area contributed by atoms with E-state index in [0.717, 1.165) is 19.3 Å². The topological polar surface area (TPSA) is 38.3 Å². The summed E-state index contributed by atoms with van der Waals surface area (Å²) >= 11 is 0. The molecule has 0 aliphatic heterocycles. The highest BCUT2D eigenvalue weighted by Gasteiger charge is 2.45. The summed E-state index contributed by atoms with van der Waals surface area (Å²) in [5.74, 6) is 1.28. The average molecular weight is 295 g/mol. The molecule has 2 unspecified atom stereocenters. The molecule has 0 amide bonds. The summed E-state index contributed by atoms with van der Waals surface area (Å²) in [6.45, 7) is 6.97. The van der Waals surface area contributed by atoms with Crippen LogP contribution >= 0.6 is 0 Å². The molecule has 0 radical (unpaired) electrons. The largest absolute Gasteiger partial charge is 0.465 e. The van der Waals surface area contributed by atoms with Gasteiger partial charge in [0.25, 0.3) is 0 Å². The summed E-state index contributed by atoms with van der Waals surface area (Å²) in [7, 11) is 0. The highest BCUT2D eigenvalue weighted by molar-refractivity contribution is 5.81. The van der Waals surface area contributed by atoms with Gasteiger partial charge in [0.1, 0.15) is 5.54 Å². The van der Waals surface area contributed by atoms with E-state index >= 15 is 0 Å². The van der Waals surface area contributed by atoms with Crippen LogP contribution in [0.25, 0.3) is 0 Å². The first kappa shape index (κ1) is 16.8. The van der Waals surface area contributed by atoms with Crippen LogP contribution in [0.2, 0.25) is 0 Å². The van der Waals surface area contributed by atoms with Crippen molar-refractivity contribution in [3.05, 3.63) is 0 Å². The average Bonchev–Trinajstić information content (AvgIpc) is 2.48. The standard InChI is InChI=1S/C18H33NO2/c1-4-21-17(20)18(19-16-10-6-5-7-11-16)12-8-9-15(13-18)14(2)3/h14-16,19H,4-13H2,1-3H3. The molecule has 1 N–H and O–H groups in total. The van der Waals surface area contributed by atoms with E-state index in [2.05, 4.69) is 19.2 Å². The van der Waals surface area contributed by atoms with Crippen molar-refractivity contribution in [1.82, 2.24) is 5.32 Å². The van der Waals surface area contributed by atoms with E-state index in [1.54, 1.807) is 0 Å². The summed E-state index contributed by atoms with van der Waals surface area (Å²) < 4.78 is 5.45. The zero-order chi connectivity index (χ0) is 15.3.